The van der Waals surface area contributed by atoms with Crippen LogP contribution >= 0.6 is 0 Å². The van der Waals surface area contributed by atoms with Crippen LogP contribution in [-0.4, -0.2) is 69.4 Å². The van der Waals surface area contributed by atoms with Crippen molar-refractivity contribution in [1.82, 2.24) is 14.9 Å². The van der Waals surface area contributed by atoms with Gasteiger partial charge in [-0.1, -0.05) is 11.8 Å². The summed E-state index contributed by atoms with van der Waals surface area (Å²) in [6.07, 6.45) is 2.93. The predicted molar refractivity (Wildman–Crippen MR) is 133 cm³/mol. The fourth-order valence-corrected chi connectivity index (χ4v) is 3.78. The average molecular weight is 496 g/mol. The number of methoxy groups -OCH3 is 3. The molecule has 10 heteroatoms. The summed E-state index contributed by atoms with van der Waals surface area (Å²) in [5, 5.41) is 3.13. The Kier molecular flexibility index (Phi) is 7.71. The molecule has 1 saturated heterocycles. The van der Waals surface area contributed by atoms with Crippen molar-refractivity contribution in [2.45, 2.75) is 0 Å². The van der Waals surface area contributed by atoms with Crippen LogP contribution < -0.4 is 24.4 Å². The molecular formula is C26H27F2N5O3. The standard InChI is InChI=1S/C26H27F2N5O3/c1-32-9-11-33(12-10-32)20-8-6-18(13-21(20)34-2)31-26-29-15-17(16-30-26)5-7-19-24(27)22(35-3)14-23(36-4)25(19)28/h6,8,13-16H,9-12H2,1-4H3,(H,29,30,31). The van der Waals surface area contributed by atoms with E-state index in [0.717, 1.165) is 49.4 Å². The van der Waals surface area contributed by atoms with Crippen molar-refractivity contribution in [3.63, 3.8) is 0 Å². The maximum absolute atomic E-state index is 14.5. The van der Waals surface area contributed by atoms with Crippen LogP contribution in [-0.2, 0) is 0 Å². The lowest BCUT2D eigenvalue weighted by Crippen LogP contribution is -2.44. The van der Waals surface area contributed by atoms with Crippen molar-refractivity contribution in [3.8, 4) is 29.1 Å². The van der Waals surface area contributed by atoms with Crippen LogP contribution in [0.3, 0.4) is 0 Å². The molecule has 1 aliphatic rings. The number of ether oxygens (including phenoxy) is 3. The van der Waals surface area contributed by atoms with Gasteiger partial charge in [-0.2, -0.15) is 0 Å². The van der Waals surface area contributed by atoms with Crippen molar-refractivity contribution in [3.05, 3.63) is 59.4 Å². The Balaban J connectivity index is 1.50. The average Bonchev–Trinajstić information content (AvgIpc) is 2.90. The first kappa shape index (κ1) is 25.0. The second-order valence-electron chi connectivity index (χ2n) is 8.13. The van der Waals surface area contributed by atoms with Crippen LogP contribution in [0.25, 0.3) is 0 Å². The first-order valence-corrected chi connectivity index (χ1v) is 11.3. The third kappa shape index (κ3) is 5.42. The predicted octanol–water partition coefficient (Wildman–Crippen LogP) is 3.68. The normalized spacial score (nSPS) is 13.6. The number of likely N-dealkylation sites (N-methyl/N-ethyl adjacent to an activating group) is 1. The smallest absolute Gasteiger partial charge is 0.227 e. The molecule has 36 heavy (non-hydrogen) atoms. The van der Waals surface area contributed by atoms with E-state index in [1.54, 1.807) is 7.11 Å². The summed E-state index contributed by atoms with van der Waals surface area (Å²) in [7, 11) is 6.32. The van der Waals surface area contributed by atoms with Gasteiger partial charge in [0.25, 0.3) is 0 Å². The van der Waals surface area contributed by atoms with Crippen molar-refractivity contribution >= 4 is 17.3 Å². The highest BCUT2D eigenvalue weighted by Crippen LogP contribution is 2.33. The zero-order chi connectivity index (χ0) is 25.7. The Labute approximate surface area is 208 Å². The fourth-order valence-electron chi connectivity index (χ4n) is 3.78. The van der Waals surface area contributed by atoms with Gasteiger partial charge in [0, 0.05) is 56.4 Å². The molecular weight excluding hydrogens is 468 g/mol. The second-order valence-corrected chi connectivity index (χ2v) is 8.13. The van der Waals surface area contributed by atoms with Crippen LogP contribution in [0.5, 0.6) is 17.2 Å². The van der Waals surface area contributed by atoms with E-state index in [0.29, 0.717) is 11.5 Å². The zero-order valence-corrected chi connectivity index (χ0v) is 20.6. The molecule has 188 valence electrons. The van der Waals surface area contributed by atoms with Crippen LogP contribution in [0.1, 0.15) is 11.1 Å². The third-order valence-electron chi connectivity index (χ3n) is 5.84. The lowest BCUT2D eigenvalue weighted by molar-refractivity contribution is 0.311. The number of hydrogen-bond donors (Lipinski definition) is 1. The molecule has 2 heterocycles. The highest BCUT2D eigenvalue weighted by molar-refractivity contribution is 5.67. The Hall–Kier alpha value is -4.10. The summed E-state index contributed by atoms with van der Waals surface area (Å²) in [6.45, 7) is 3.86. The number of anilines is 3. The molecule has 1 N–H and O–H groups in total. The number of halogens is 2. The van der Waals surface area contributed by atoms with Gasteiger partial charge in [-0.05, 0) is 19.2 Å². The number of benzene rings is 2. The number of nitrogens with zero attached hydrogens (tertiary/aromatic N) is 4. The topological polar surface area (TPSA) is 72.0 Å². The van der Waals surface area contributed by atoms with Crippen LogP contribution in [0.4, 0.5) is 26.1 Å². The molecule has 1 fully saturated rings. The molecule has 1 aliphatic heterocycles. The number of hydrogen-bond acceptors (Lipinski definition) is 8. The van der Waals surface area contributed by atoms with E-state index in [9.17, 15) is 8.78 Å². The van der Waals surface area contributed by atoms with E-state index >= 15 is 0 Å². The maximum Gasteiger partial charge on any atom is 0.227 e. The van der Waals surface area contributed by atoms with Gasteiger partial charge in [0.2, 0.25) is 5.95 Å². The van der Waals surface area contributed by atoms with Gasteiger partial charge in [-0.15, -0.1) is 0 Å². The molecule has 0 bridgehead atoms. The zero-order valence-electron chi connectivity index (χ0n) is 20.6. The highest BCUT2D eigenvalue weighted by atomic mass is 19.1. The molecule has 1 aromatic heterocycles. The minimum Gasteiger partial charge on any atom is -0.495 e. The summed E-state index contributed by atoms with van der Waals surface area (Å²) in [5.41, 5.74) is 1.72. The lowest BCUT2D eigenvalue weighted by Gasteiger charge is -2.34. The quantitative estimate of drug-likeness (QED) is 0.520. The molecule has 2 aromatic carbocycles. The number of nitrogens with one attached hydrogen (secondary N) is 1. The van der Waals surface area contributed by atoms with E-state index in [1.807, 2.05) is 18.2 Å². The number of aromatic nitrogens is 2. The summed E-state index contributed by atoms with van der Waals surface area (Å²) in [6, 6.07) is 6.98. The van der Waals surface area contributed by atoms with E-state index in [1.165, 1.54) is 26.6 Å². The van der Waals surface area contributed by atoms with Gasteiger partial charge >= 0.3 is 0 Å². The Bertz CT molecular complexity index is 1260. The summed E-state index contributed by atoms with van der Waals surface area (Å²) in [5.74, 6) is 4.12. The fraction of sp³-hybridized carbons (Fsp3) is 0.308. The highest BCUT2D eigenvalue weighted by Gasteiger charge is 2.19. The SMILES string of the molecule is COc1cc(Nc2ncc(C#Cc3c(F)c(OC)cc(OC)c3F)cn2)ccc1N1CCN(C)CC1. The van der Waals surface area contributed by atoms with Crippen molar-refractivity contribution in [2.24, 2.45) is 0 Å². The Morgan fingerprint density at radius 1 is 0.833 bits per heavy atom. The molecule has 8 nitrogen and oxygen atoms in total. The van der Waals surface area contributed by atoms with Gasteiger partial charge in [0.1, 0.15) is 11.3 Å². The molecule has 0 spiro atoms. The van der Waals surface area contributed by atoms with Crippen LogP contribution in [0.2, 0.25) is 0 Å². The first-order valence-electron chi connectivity index (χ1n) is 11.3. The minimum atomic E-state index is -0.906. The molecule has 0 aliphatic carbocycles. The van der Waals surface area contributed by atoms with E-state index in [4.69, 9.17) is 14.2 Å². The Morgan fingerprint density at radius 2 is 1.44 bits per heavy atom. The lowest BCUT2D eigenvalue weighted by atomic mass is 10.1. The summed E-state index contributed by atoms with van der Waals surface area (Å²) >= 11 is 0. The molecule has 4 rings (SSSR count). The van der Waals surface area contributed by atoms with Crippen LogP contribution in [0, 0.1) is 23.5 Å². The van der Waals surface area contributed by atoms with Crippen LogP contribution in [0.15, 0.2) is 36.7 Å². The van der Waals surface area contributed by atoms with Gasteiger partial charge in [-0.3, -0.25) is 0 Å². The van der Waals surface area contributed by atoms with E-state index < -0.39 is 17.2 Å². The largest absolute Gasteiger partial charge is 0.495 e. The molecule has 3 aromatic rings. The van der Waals surface area contributed by atoms with Gasteiger partial charge in [0.05, 0.1) is 32.6 Å². The van der Waals surface area contributed by atoms with Gasteiger partial charge in [0.15, 0.2) is 23.1 Å². The van der Waals surface area contributed by atoms with Gasteiger partial charge < -0.3 is 29.3 Å². The molecule has 0 unspecified atom stereocenters. The number of piperazine rings is 1. The monoisotopic (exact) mass is 495 g/mol. The van der Waals surface area contributed by atoms with Crippen molar-refractivity contribution in [1.29, 1.82) is 0 Å². The first-order chi connectivity index (χ1) is 17.4. The minimum absolute atomic E-state index is 0.164. The Morgan fingerprint density at radius 3 is 2.03 bits per heavy atom. The van der Waals surface area contributed by atoms with Crippen molar-refractivity contribution in [2.75, 3.05) is 64.8 Å². The summed E-state index contributed by atoms with van der Waals surface area (Å²) < 4.78 is 44.5. The third-order valence-corrected chi connectivity index (χ3v) is 5.84. The molecule has 0 radical (unpaired) electrons. The maximum atomic E-state index is 14.5. The number of rotatable bonds is 6. The van der Waals surface area contributed by atoms with Crippen molar-refractivity contribution < 1.29 is 23.0 Å². The van der Waals surface area contributed by atoms with E-state index in [2.05, 4.69) is 44.0 Å². The molecule has 0 saturated carbocycles. The van der Waals surface area contributed by atoms with E-state index in [-0.39, 0.29) is 11.5 Å². The molecule has 0 atom stereocenters. The summed E-state index contributed by atoms with van der Waals surface area (Å²) in [4.78, 5) is 13.1. The second kappa shape index (κ2) is 11.1. The molecule has 0 amide bonds. The van der Waals surface area contributed by atoms with Gasteiger partial charge in [-0.25, -0.2) is 18.7 Å².